The Bertz CT molecular complexity index is 534. The molecule has 2 aromatic rings. The third-order valence-electron chi connectivity index (χ3n) is 2.76. The largest absolute Gasteiger partial charge is 0.383 e. The fraction of sp³-hybridized carbons (Fsp3) is 0.462. The Hall–Kier alpha value is -0.960. The van der Waals surface area contributed by atoms with Crippen LogP contribution in [-0.4, -0.2) is 47.0 Å². The zero-order chi connectivity index (χ0) is 14.9. The molecule has 1 N–H and O–H groups in total. The van der Waals surface area contributed by atoms with Crippen molar-refractivity contribution in [3.05, 3.63) is 34.3 Å². The van der Waals surface area contributed by atoms with Crippen LogP contribution in [-0.2, 0) is 17.0 Å². The third kappa shape index (κ3) is 5.74. The summed E-state index contributed by atoms with van der Waals surface area (Å²) in [6.45, 7) is 3.11. The second-order valence-electron chi connectivity index (χ2n) is 4.34. The van der Waals surface area contributed by atoms with Gasteiger partial charge in [-0.05, 0) is 28.1 Å². The predicted molar refractivity (Wildman–Crippen MR) is 86.3 cm³/mol. The lowest BCUT2D eigenvalue weighted by atomic mass is 10.2. The number of tetrazole rings is 1. The smallest absolute Gasteiger partial charge is 0.209 e. The molecular formula is C13H18BrN5OS. The Morgan fingerprint density at radius 3 is 2.86 bits per heavy atom. The molecule has 0 radical (unpaired) electrons. The summed E-state index contributed by atoms with van der Waals surface area (Å²) in [5.74, 6) is 0.852. The molecule has 1 heterocycles. The van der Waals surface area contributed by atoms with Gasteiger partial charge in [-0.2, -0.15) is 0 Å². The zero-order valence-electron chi connectivity index (χ0n) is 11.8. The van der Waals surface area contributed by atoms with Gasteiger partial charge in [-0.1, -0.05) is 39.8 Å². The minimum Gasteiger partial charge on any atom is -0.383 e. The van der Waals surface area contributed by atoms with E-state index < -0.39 is 0 Å². The quantitative estimate of drug-likeness (QED) is 0.536. The monoisotopic (exact) mass is 371 g/mol. The van der Waals surface area contributed by atoms with E-state index in [-0.39, 0.29) is 0 Å². The molecule has 8 heteroatoms. The van der Waals surface area contributed by atoms with Gasteiger partial charge in [0.25, 0.3) is 0 Å². The van der Waals surface area contributed by atoms with Crippen molar-refractivity contribution in [3.8, 4) is 0 Å². The molecule has 0 aliphatic carbocycles. The van der Waals surface area contributed by atoms with Crippen molar-refractivity contribution >= 4 is 27.7 Å². The fourth-order valence-corrected chi connectivity index (χ4v) is 2.78. The van der Waals surface area contributed by atoms with Gasteiger partial charge >= 0.3 is 0 Å². The van der Waals surface area contributed by atoms with Gasteiger partial charge in [0.1, 0.15) is 0 Å². The number of aromatic nitrogens is 4. The van der Waals surface area contributed by atoms with Gasteiger partial charge in [-0.3, -0.25) is 0 Å². The summed E-state index contributed by atoms with van der Waals surface area (Å²) in [7, 11) is 1.69. The number of nitrogens with one attached hydrogen (secondary N) is 1. The maximum Gasteiger partial charge on any atom is 0.209 e. The Labute approximate surface area is 136 Å². The van der Waals surface area contributed by atoms with Gasteiger partial charge in [0.15, 0.2) is 0 Å². The van der Waals surface area contributed by atoms with Crippen molar-refractivity contribution < 1.29 is 4.74 Å². The number of nitrogens with zero attached hydrogens (tertiary/aromatic N) is 4. The molecule has 0 saturated carbocycles. The van der Waals surface area contributed by atoms with Crippen molar-refractivity contribution in [3.63, 3.8) is 0 Å². The highest BCUT2D eigenvalue weighted by Crippen LogP contribution is 2.21. The highest BCUT2D eigenvalue weighted by molar-refractivity contribution is 9.10. The van der Waals surface area contributed by atoms with Crippen molar-refractivity contribution in [2.24, 2.45) is 0 Å². The van der Waals surface area contributed by atoms with E-state index >= 15 is 0 Å². The van der Waals surface area contributed by atoms with Crippen LogP contribution in [0.5, 0.6) is 0 Å². The molecule has 0 aliphatic rings. The van der Waals surface area contributed by atoms with Crippen LogP contribution in [0.25, 0.3) is 0 Å². The van der Waals surface area contributed by atoms with E-state index in [1.807, 2.05) is 16.8 Å². The van der Waals surface area contributed by atoms with Crippen molar-refractivity contribution in [2.45, 2.75) is 17.5 Å². The van der Waals surface area contributed by atoms with Gasteiger partial charge in [-0.15, -0.1) is 5.10 Å². The van der Waals surface area contributed by atoms with Crippen LogP contribution in [0.3, 0.4) is 0 Å². The van der Waals surface area contributed by atoms with E-state index in [4.69, 9.17) is 4.74 Å². The standard InChI is InChI=1S/C13H18BrN5OS/c1-20-9-7-15-6-8-19-13(16-17-18-19)21-10-11-2-4-12(14)5-3-11/h2-5,15H,6-10H2,1H3. The Morgan fingerprint density at radius 1 is 1.29 bits per heavy atom. The van der Waals surface area contributed by atoms with Crippen molar-refractivity contribution in [2.75, 3.05) is 26.8 Å². The first-order valence-electron chi connectivity index (χ1n) is 6.62. The molecule has 0 unspecified atom stereocenters. The highest BCUT2D eigenvalue weighted by atomic mass is 79.9. The number of halogens is 1. The summed E-state index contributed by atoms with van der Waals surface area (Å²) in [4.78, 5) is 0. The lowest BCUT2D eigenvalue weighted by Gasteiger charge is -2.06. The molecule has 0 saturated heterocycles. The minimum absolute atomic E-state index is 0.709. The summed E-state index contributed by atoms with van der Waals surface area (Å²) in [5.41, 5.74) is 1.25. The average molecular weight is 372 g/mol. The maximum atomic E-state index is 4.98. The molecule has 114 valence electrons. The molecule has 21 heavy (non-hydrogen) atoms. The number of rotatable bonds is 9. The summed E-state index contributed by atoms with van der Waals surface area (Å²) in [6, 6.07) is 8.27. The van der Waals surface area contributed by atoms with E-state index in [2.05, 4.69) is 48.9 Å². The van der Waals surface area contributed by atoms with Gasteiger partial charge in [0, 0.05) is 30.4 Å². The molecule has 1 aromatic carbocycles. The molecule has 0 bridgehead atoms. The SMILES string of the molecule is COCCNCCn1nnnc1SCc1ccc(Br)cc1. The molecule has 0 amide bonds. The number of hydrogen-bond donors (Lipinski definition) is 1. The number of benzene rings is 1. The lowest BCUT2D eigenvalue weighted by Crippen LogP contribution is -2.24. The second kappa shape index (κ2) is 9.14. The second-order valence-corrected chi connectivity index (χ2v) is 6.20. The summed E-state index contributed by atoms with van der Waals surface area (Å²) >= 11 is 5.07. The van der Waals surface area contributed by atoms with Gasteiger partial charge in [0.05, 0.1) is 13.2 Å². The van der Waals surface area contributed by atoms with E-state index in [0.717, 1.165) is 35.0 Å². The van der Waals surface area contributed by atoms with Gasteiger partial charge in [-0.25, -0.2) is 4.68 Å². The van der Waals surface area contributed by atoms with Gasteiger partial charge < -0.3 is 10.1 Å². The number of ether oxygens (including phenoxy) is 1. The average Bonchev–Trinajstić information content (AvgIpc) is 2.94. The zero-order valence-corrected chi connectivity index (χ0v) is 14.2. The Morgan fingerprint density at radius 2 is 2.10 bits per heavy atom. The van der Waals surface area contributed by atoms with Crippen LogP contribution >= 0.6 is 27.7 Å². The lowest BCUT2D eigenvalue weighted by molar-refractivity contribution is 0.199. The Balaban J connectivity index is 1.78. The van der Waals surface area contributed by atoms with Crippen LogP contribution in [0.2, 0.25) is 0 Å². The van der Waals surface area contributed by atoms with Crippen LogP contribution in [0, 0.1) is 0 Å². The van der Waals surface area contributed by atoms with E-state index in [0.29, 0.717) is 6.61 Å². The molecule has 6 nitrogen and oxygen atoms in total. The number of thioether (sulfide) groups is 1. The third-order valence-corrected chi connectivity index (χ3v) is 4.32. The van der Waals surface area contributed by atoms with E-state index in [1.165, 1.54) is 5.56 Å². The topological polar surface area (TPSA) is 64.9 Å². The van der Waals surface area contributed by atoms with E-state index in [9.17, 15) is 0 Å². The predicted octanol–water partition coefficient (Wildman–Crippen LogP) is 1.96. The summed E-state index contributed by atoms with van der Waals surface area (Å²) < 4.78 is 7.89. The molecule has 1 aromatic heterocycles. The van der Waals surface area contributed by atoms with Crippen molar-refractivity contribution in [1.82, 2.24) is 25.5 Å². The molecule has 2 rings (SSSR count). The molecule has 0 fully saturated rings. The summed E-state index contributed by atoms with van der Waals surface area (Å²) in [6.07, 6.45) is 0. The summed E-state index contributed by atoms with van der Waals surface area (Å²) in [5, 5.41) is 15.9. The molecular weight excluding hydrogens is 354 g/mol. The highest BCUT2D eigenvalue weighted by Gasteiger charge is 2.06. The minimum atomic E-state index is 0.709. The normalized spacial score (nSPS) is 11.0. The van der Waals surface area contributed by atoms with Gasteiger partial charge in [0.2, 0.25) is 5.16 Å². The van der Waals surface area contributed by atoms with Crippen molar-refractivity contribution in [1.29, 1.82) is 0 Å². The number of methoxy groups -OCH3 is 1. The molecule has 0 spiro atoms. The molecule has 0 aliphatic heterocycles. The first-order chi connectivity index (χ1) is 10.3. The van der Waals surface area contributed by atoms with Crippen LogP contribution in [0.1, 0.15) is 5.56 Å². The van der Waals surface area contributed by atoms with E-state index in [1.54, 1.807) is 18.9 Å². The van der Waals surface area contributed by atoms with Crippen LogP contribution in [0.15, 0.2) is 33.9 Å². The Kier molecular flexibility index (Phi) is 7.14. The van der Waals surface area contributed by atoms with Crippen LogP contribution in [0.4, 0.5) is 0 Å². The molecule has 0 atom stereocenters. The fourth-order valence-electron chi connectivity index (χ4n) is 1.65. The first kappa shape index (κ1) is 16.4. The van der Waals surface area contributed by atoms with Crippen LogP contribution < -0.4 is 5.32 Å². The maximum absolute atomic E-state index is 4.98. The number of hydrogen-bond acceptors (Lipinski definition) is 6. The first-order valence-corrected chi connectivity index (χ1v) is 8.40.